The number of benzene rings is 2. The third kappa shape index (κ3) is 3.58. The summed E-state index contributed by atoms with van der Waals surface area (Å²) in [4.78, 5) is 12.8. The molecule has 6 nitrogen and oxygen atoms in total. The van der Waals surface area contributed by atoms with Gasteiger partial charge in [-0.1, -0.05) is 12.1 Å². The molecule has 1 aliphatic heterocycles. The summed E-state index contributed by atoms with van der Waals surface area (Å²) in [5.74, 6) is 1.25. The molecule has 1 N–H and O–H groups in total. The van der Waals surface area contributed by atoms with Crippen molar-refractivity contribution in [1.82, 2.24) is 9.78 Å². The van der Waals surface area contributed by atoms with Crippen molar-refractivity contribution in [3.63, 3.8) is 0 Å². The second-order valence-electron chi connectivity index (χ2n) is 7.06. The number of nitrogens with one attached hydrogen (secondary N) is 1. The highest BCUT2D eigenvalue weighted by atomic mass is 16.5. The Morgan fingerprint density at radius 1 is 1.21 bits per heavy atom. The Balaban J connectivity index is 1.48. The zero-order valence-corrected chi connectivity index (χ0v) is 16.2. The van der Waals surface area contributed by atoms with Gasteiger partial charge in [-0.05, 0) is 56.2 Å². The van der Waals surface area contributed by atoms with Crippen LogP contribution in [0.1, 0.15) is 17.0 Å². The topological polar surface area (TPSA) is 65.4 Å². The van der Waals surface area contributed by atoms with Crippen molar-refractivity contribution >= 4 is 11.6 Å². The molecule has 0 unspecified atom stereocenters. The molecule has 1 aromatic heterocycles. The van der Waals surface area contributed by atoms with E-state index in [-0.39, 0.29) is 11.8 Å². The molecule has 1 atom stereocenters. The second kappa shape index (κ2) is 7.38. The number of aromatic nitrogens is 2. The molecule has 2 heterocycles. The van der Waals surface area contributed by atoms with Gasteiger partial charge in [0.2, 0.25) is 5.91 Å². The first-order valence-electron chi connectivity index (χ1n) is 9.28. The smallest absolute Gasteiger partial charge is 0.231 e. The summed E-state index contributed by atoms with van der Waals surface area (Å²) in [6.45, 7) is 4.33. The summed E-state index contributed by atoms with van der Waals surface area (Å²) in [5, 5.41) is 7.52. The summed E-state index contributed by atoms with van der Waals surface area (Å²) in [6, 6.07) is 15.4. The zero-order chi connectivity index (χ0) is 19.7. The molecular weight excluding hydrogens is 354 g/mol. The Morgan fingerprint density at radius 3 is 2.82 bits per heavy atom. The number of ether oxygens (including phenoxy) is 2. The van der Waals surface area contributed by atoms with Gasteiger partial charge in [-0.2, -0.15) is 5.10 Å². The molecule has 0 saturated heterocycles. The van der Waals surface area contributed by atoms with Crippen LogP contribution in [0.3, 0.4) is 0 Å². The molecule has 0 bridgehead atoms. The number of hydrogen-bond acceptors (Lipinski definition) is 4. The number of aryl methyl sites for hydroxylation is 2. The van der Waals surface area contributed by atoms with Crippen molar-refractivity contribution in [3.8, 4) is 17.2 Å². The number of rotatable bonds is 4. The summed E-state index contributed by atoms with van der Waals surface area (Å²) in [6.07, 6.45) is 0.641. The molecule has 0 fully saturated rings. The molecular formula is C22H23N3O3. The van der Waals surface area contributed by atoms with Gasteiger partial charge in [0.15, 0.2) is 0 Å². The van der Waals surface area contributed by atoms with E-state index < -0.39 is 0 Å². The van der Waals surface area contributed by atoms with Crippen LogP contribution in [0.2, 0.25) is 0 Å². The third-order valence-electron chi connectivity index (χ3n) is 4.92. The normalized spacial score (nSPS) is 15.5. The van der Waals surface area contributed by atoms with Crippen molar-refractivity contribution in [1.29, 1.82) is 0 Å². The third-order valence-corrected chi connectivity index (χ3v) is 4.92. The number of carbonyl (C=O) groups excluding carboxylic acids is 1. The lowest BCUT2D eigenvalue weighted by Gasteiger charge is -2.25. The minimum absolute atomic E-state index is 0.0491. The van der Waals surface area contributed by atoms with Gasteiger partial charge in [-0.3, -0.25) is 4.79 Å². The predicted molar refractivity (Wildman–Crippen MR) is 107 cm³/mol. The average Bonchev–Trinajstić information content (AvgIpc) is 3.05. The Kier molecular flexibility index (Phi) is 4.77. The number of fused-ring (bicyclic) bond motifs is 1. The second-order valence-corrected chi connectivity index (χ2v) is 7.06. The van der Waals surface area contributed by atoms with Crippen LogP contribution in [0.5, 0.6) is 11.5 Å². The van der Waals surface area contributed by atoms with Gasteiger partial charge in [-0.15, -0.1) is 0 Å². The Hall–Kier alpha value is -3.28. The van der Waals surface area contributed by atoms with Crippen LogP contribution < -0.4 is 14.8 Å². The first-order valence-corrected chi connectivity index (χ1v) is 9.28. The Labute approximate surface area is 164 Å². The lowest BCUT2D eigenvalue weighted by Crippen LogP contribution is -2.32. The van der Waals surface area contributed by atoms with Crippen LogP contribution in [0.15, 0.2) is 48.5 Å². The van der Waals surface area contributed by atoms with Gasteiger partial charge in [0.1, 0.15) is 18.1 Å². The first-order chi connectivity index (χ1) is 13.5. The van der Waals surface area contributed by atoms with Crippen molar-refractivity contribution in [3.05, 3.63) is 65.5 Å². The average molecular weight is 377 g/mol. The maximum Gasteiger partial charge on any atom is 0.231 e. The lowest BCUT2D eigenvalue weighted by atomic mass is 9.96. The standard InChI is InChI=1S/C22H23N3O3/c1-14-9-15(2)25(24-14)19-6-4-5-18(11-19)23-22(26)17-10-16-7-8-20(27-3)12-21(16)28-13-17/h4-9,11-12,17H,10,13H2,1-3H3,(H,23,26)/t17-/m0/s1. The highest BCUT2D eigenvalue weighted by Gasteiger charge is 2.26. The molecule has 1 amide bonds. The maximum atomic E-state index is 12.8. The van der Waals surface area contributed by atoms with Gasteiger partial charge >= 0.3 is 0 Å². The predicted octanol–water partition coefficient (Wildman–Crippen LogP) is 3.69. The number of amides is 1. The van der Waals surface area contributed by atoms with Gasteiger partial charge in [0.05, 0.1) is 24.4 Å². The molecule has 6 heteroatoms. The minimum atomic E-state index is -0.238. The van der Waals surface area contributed by atoms with E-state index in [4.69, 9.17) is 9.47 Å². The summed E-state index contributed by atoms with van der Waals surface area (Å²) < 4.78 is 12.9. The molecule has 28 heavy (non-hydrogen) atoms. The van der Waals surface area contributed by atoms with Crippen molar-refractivity contribution in [2.45, 2.75) is 20.3 Å². The lowest BCUT2D eigenvalue weighted by molar-refractivity contribution is -0.121. The zero-order valence-electron chi connectivity index (χ0n) is 16.2. The van der Waals surface area contributed by atoms with Crippen molar-refractivity contribution in [2.24, 2.45) is 5.92 Å². The molecule has 0 aliphatic carbocycles. The highest BCUT2D eigenvalue weighted by Crippen LogP contribution is 2.31. The molecule has 0 saturated carbocycles. The summed E-state index contributed by atoms with van der Waals surface area (Å²) in [5.41, 5.74) is 4.69. The van der Waals surface area contributed by atoms with Gasteiger partial charge in [-0.25, -0.2) is 4.68 Å². The van der Waals surface area contributed by atoms with Crippen LogP contribution in [-0.2, 0) is 11.2 Å². The molecule has 2 aromatic carbocycles. The number of methoxy groups -OCH3 is 1. The van der Waals surface area contributed by atoms with Crippen LogP contribution >= 0.6 is 0 Å². The van der Waals surface area contributed by atoms with E-state index in [0.717, 1.165) is 39.8 Å². The molecule has 3 aromatic rings. The van der Waals surface area contributed by atoms with Gasteiger partial charge in [0.25, 0.3) is 0 Å². The van der Waals surface area contributed by atoms with E-state index in [9.17, 15) is 4.79 Å². The molecule has 144 valence electrons. The fraction of sp³-hybridized carbons (Fsp3) is 0.273. The number of nitrogens with zero attached hydrogens (tertiary/aromatic N) is 2. The van der Waals surface area contributed by atoms with E-state index in [0.29, 0.717) is 13.0 Å². The van der Waals surface area contributed by atoms with E-state index in [1.54, 1.807) is 7.11 Å². The summed E-state index contributed by atoms with van der Waals surface area (Å²) in [7, 11) is 1.63. The van der Waals surface area contributed by atoms with E-state index >= 15 is 0 Å². The summed E-state index contributed by atoms with van der Waals surface area (Å²) >= 11 is 0. The van der Waals surface area contributed by atoms with Crippen molar-refractivity contribution in [2.75, 3.05) is 19.0 Å². The SMILES string of the molecule is COc1ccc2c(c1)OC[C@@H](C(=O)Nc1cccc(-n3nc(C)cc3C)c1)C2. The quantitative estimate of drug-likeness (QED) is 0.753. The Morgan fingerprint density at radius 2 is 2.07 bits per heavy atom. The van der Waals surface area contributed by atoms with Crippen LogP contribution in [0.25, 0.3) is 5.69 Å². The number of anilines is 1. The molecule has 0 radical (unpaired) electrons. The fourth-order valence-electron chi connectivity index (χ4n) is 3.50. The molecule has 1 aliphatic rings. The Bertz CT molecular complexity index is 1030. The highest BCUT2D eigenvalue weighted by molar-refractivity contribution is 5.93. The largest absolute Gasteiger partial charge is 0.497 e. The van der Waals surface area contributed by atoms with Crippen molar-refractivity contribution < 1.29 is 14.3 Å². The van der Waals surface area contributed by atoms with E-state index in [2.05, 4.69) is 10.4 Å². The van der Waals surface area contributed by atoms with Crippen LogP contribution in [0.4, 0.5) is 5.69 Å². The monoisotopic (exact) mass is 377 g/mol. The molecule has 4 rings (SSSR count). The maximum absolute atomic E-state index is 12.8. The first kappa shape index (κ1) is 18.1. The van der Waals surface area contributed by atoms with E-state index in [1.165, 1.54) is 0 Å². The number of hydrogen-bond donors (Lipinski definition) is 1. The van der Waals surface area contributed by atoms with Crippen LogP contribution in [0, 0.1) is 19.8 Å². The molecule has 0 spiro atoms. The number of carbonyl (C=O) groups is 1. The van der Waals surface area contributed by atoms with Gasteiger partial charge < -0.3 is 14.8 Å². The van der Waals surface area contributed by atoms with Crippen LogP contribution in [-0.4, -0.2) is 29.4 Å². The fourth-order valence-corrected chi connectivity index (χ4v) is 3.50. The van der Waals surface area contributed by atoms with Gasteiger partial charge in [0, 0.05) is 17.4 Å². The minimum Gasteiger partial charge on any atom is -0.497 e. The van der Waals surface area contributed by atoms with E-state index in [1.807, 2.05) is 67.1 Å².